The lowest BCUT2D eigenvalue weighted by Crippen LogP contribution is -2.38. The highest BCUT2D eigenvalue weighted by Crippen LogP contribution is 2.24. The van der Waals surface area contributed by atoms with Crippen LogP contribution in [0.15, 0.2) is 43.0 Å². The predicted molar refractivity (Wildman–Crippen MR) is 94.1 cm³/mol. The number of aliphatic hydroxyl groups is 1. The fourth-order valence-electron chi connectivity index (χ4n) is 3.12. The molecule has 1 N–H and O–H groups in total. The quantitative estimate of drug-likeness (QED) is 0.857. The van der Waals surface area contributed by atoms with E-state index in [-0.39, 0.29) is 18.3 Å². The van der Waals surface area contributed by atoms with Crippen LogP contribution in [-0.2, 0) is 11.3 Å². The lowest BCUT2D eigenvalue weighted by molar-refractivity contribution is -0.131. The zero-order chi connectivity index (χ0) is 18.4. The molecule has 1 atom stereocenters. The molecule has 0 saturated carbocycles. The zero-order valence-corrected chi connectivity index (χ0v) is 14.7. The Hall–Kier alpha value is -2.41. The molecule has 26 heavy (non-hydrogen) atoms. The van der Waals surface area contributed by atoms with E-state index in [2.05, 4.69) is 4.98 Å². The number of hydrogen-bond donors (Lipinski definition) is 1. The van der Waals surface area contributed by atoms with Gasteiger partial charge in [-0.25, -0.2) is 9.37 Å². The number of ether oxygens (including phenoxy) is 1. The maximum Gasteiger partial charge on any atom is 0.224 e. The first-order valence-corrected chi connectivity index (χ1v) is 8.88. The number of aromatic nitrogens is 2. The highest BCUT2D eigenvalue weighted by molar-refractivity contribution is 5.76. The Morgan fingerprint density at radius 2 is 2.08 bits per heavy atom. The Labute approximate surface area is 152 Å². The maximum absolute atomic E-state index is 12.9. The van der Waals surface area contributed by atoms with Crippen LogP contribution in [0.4, 0.5) is 4.39 Å². The smallest absolute Gasteiger partial charge is 0.224 e. The number of hydrogen-bond acceptors (Lipinski definition) is 4. The third-order valence-electron chi connectivity index (χ3n) is 4.73. The molecule has 140 valence electrons. The van der Waals surface area contributed by atoms with Gasteiger partial charge in [-0.05, 0) is 43.5 Å². The van der Waals surface area contributed by atoms with Crippen LogP contribution in [0, 0.1) is 5.82 Å². The molecule has 1 aliphatic heterocycles. The molecule has 2 heterocycles. The van der Waals surface area contributed by atoms with E-state index >= 15 is 0 Å². The van der Waals surface area contributed by atoms with Crippen molar-refractivity contribution in [2.24, 2.45) is 0 Å². The molecular weight excluding hydrogens is 337 g/mol. The van der Waals surface area contributed by atoms with Crippen LogP contribution in [0.3, 0.4) is 0 Å². The number of nitrogens with zero attached hydrogens (tertiary/aromatic N) is 3. The number of carbonyl (C=O) groups is 1. The molecule has 7 heteroatoms. The zero-order valence-electron chi connectivity index (χ0n) is 14.7. The van der Waals surface area contributed by atoms with Gasteiger partial charge in [0, 0.05) is 38.4 Å². The number of halogens is 1. The van der Waals surface area contributed by atoms with Gasteiger partial charge >= 0.3 is 0 Å². The summed E-state index contributed by atoms with van der Waals surface area (Å²) in [4.78, 5) is 18.2. The standard InChI is InChI=1S/C19H24FN3O3/c20-16-2-4-17(5-3-16)26-14-19(25)7-1-10-23(12-8-19)18(24)6-11-22-13-9-21-15-22/h2-5,9,13,15,25H,1,6-8,10-12,14H2. The number of amides is 1. The van der Waals surface area contributed by atoms with E-state index in [0.29, 0.717) is 44.6 Å². The van der Waals surface area contributed by atoms with Crippen molar-refractivity contribution in [2.45, 2.75) is 37.8 Å². The summed E-state index contributed by atoms with van der Waals surface area (Å²) in [7, 11) is 0. The number of aryl methyl sites for hydroxylation is 1. The van der Waals surface area contributed by atoms with Gasteiger partial charge in [-0.1, -0.05) is 0 Å². The highest BCUT2D eigenvalue weighted by Gasteiger charge is 2.32. The lowest BCUT2D eigenvalue weighted by atomic mass is 9.96. The lowest BCUT2D eigenvalue weighted by Gasteiger charge is -2.27. The van der Waals surface area contributed by atoms with Crippen LogP contribution in [0.1, 0.15) is 25.7 Å². The van der Waals surface area contributed by atoms with Gasteiger partial charge in [0.25, 0.3) is 0 Å². The minimum Gasteiger partial charge on any atom is -0.491 e. The number of carbonyl (C=O) groups excluding carboxylic acids is 1. The summed E-state index contributed by atoms with van der Waals surface area (Å²) < 4.78 is 20.4. The van der Waals surface area contributed by atoms with Crippen LogP contribution >= 0.6 is 0 Å². The van der Waals surface area contributed by atoms with E-state index in [1.807, 2.05) is 15.7 Å². The summed E-state index contributed by atoms with van der Waals surface area (Å²) >= 11 is 0. The molecule has 1 saturated heterocycles. The third kappa shape index (κ3) is 5.05. The fraction of sp³-hybridized carbons (Fsp3) is 0.474. The van der Waals surface area contributed by atoms with E-state index in [0.717, 1.165) is 6.42 Å². The summed E-state index contributed by atoms with van der Waals surface area (Å²) in [6.07, 6.45) is 7.39. The molecule has 6 nitrogen and oxygen atoms in total. The molecule has 3 rings (SSSR count). The third-order valence-corrected chi connectivity index (χ3v) is 4.73. The molecule has 1 amide bonds. The number of rotatable bonds is 6. The highest BCUT2D eigenvalue weighted by atomic mass is 19.1. The molecule has 1 aromatic carbocycles. The van der Waals surface area contributed by atoms with Gasteiger partial charge in [0.15, 0.2) is 0 Å². The van der Waals surface area contributed by atoms with Gasteiger partial charge in [0.05, 0.1) is 6.33 Å². The van der Waals surface area contributed by atoms with Crippen molar-refractivity contribution in [2.75, 3.05) is 19.7 Å². The normalized spacial score (nSPS) is 20.6. The fourth-order valence-corrected chi connectivity index (χ4v) is 3.12. The Balaban J connectivity index is 1.48. The number of imidazole rings is 1. The van der Waals surface area contributed by atoms with Gasteiger partial charge in [-0.2, -0.15) is 0 Å². The van der Waals surface area contributed by atoms with E-state index in [9.17, 15) is 14.3 Å². The Bertz CT molecular complexity index is 705. The van der Waals surface area contributed by atoms with Crippen molar-refractivity contribution >= 4 is 5.91 Å². The Kier molecular flexibility index (Phi) is 5.88. The van der Waals surface area contributed by atoms with Crippen molar-refractivity contribution in [3.63, 3.8) is 0 Å². The summed E-state index contributed by atoms with van der Waals surface area (Å²) in [5.74, 6) is 0.287. The minimum absolute atomic E-state index is 0.0856. The summed E-state index contributed by atoms with van der Waals surface area (Å²) in [5, 5.41) is 10.8. The molecule has 1 aromatic heterocycles. The second-order valence-electron chi connectivity index (χ2n) is 6.75. The first-order chi connectivity index (χ1) is 12.5. The molecular formula is C19H24FN3O3. The molecule has 0 aliphatic carbocycles. The molecule has 1 aliphatic rings. The number of benzene rings is 1. The Morgan fingerprint density at radius 1 is 1.27 bits per heavy atom. The van der Waals surface area contributed by atoms with E-state index in [1.165, 1.54) is 12.1 Å². The predicted octanol–water partition coefficient (Wildman–Crippen LogP) is 2.23. The molecule has 0 radical (unpaired) electrons. The minimum atomic E-state index is -0.978. The van der Waals surface area contributed by atoms with Crippen molar-refractivity contribution in [3.05, 3.63) is 48.8 Å². The second-order valence-corrected chi connectivity index (χ2v) is 6.75. The monoisotopic (exact) mass is 361 g/mol. The van der Waals surface area contributed by atoms with Crippen molar-refractivity contribution in [3.8, 4) is 5.75 Å². The van der Waals surface area contributed by atoms with Crippen LogP contribution in [0.5, 0.6) is 5.75 Å². The molecule has 1 unspecified atom stereocenters. The average molecular weight is 361 g/mol. The maximum atomic E-state index is 12.9. The molecule has 1 fully saturated rings. The number of likely N-dealkylation sites (tertiary alicyclic amines) is 1. The van der Waals surface area contributed by atoms with Crippen molar-refractivity contribution < 1.29 is 19.0 Å². The van der Waals surface area contributed by atoms with Gasteiger partial charge in [0.2, 0.25) is 5.91 Å². The van der Waals surface area contributed by atoms with Gasteiger partial charge in [-0.15, -0.1) is 0 Å². The van der Waals surface area contributed by atoms with Crippen LogP contribution in [0.25, 0.3) is 0 Å². The second kappa shape index (κ2) is 8.31. The SMILES string of the molecule is O=C(CCn1ccnc1)N1CCCC(O)(COc2ccc(F)cc2)CC1. The topological polar surface area (TPSA) is 67.6 Å². The van der Waals surface area contributed by atoms with E-state index in [4.69, 9.17) is 4.74 Å². The van der Waals surface area contributed by atoms with Crippen LogP contribution in [0.2, 0.25) is 0 Å². The van der Waals surface area contributed by atoms with E-state index in [1.54, 1.807) is 24.7 Å². The summed E-state index contributed by atoms with van der Waals surface area (Å²) in [6.45, 7) is 1.89. The van der Waals surface area contributed by atoms with Crippen molar-refractivity contribution in [1.29, 1.82) is 0 Å². The Morgan fingerprint density at radius 3 is 2.81 bits per heavy atom. The summed E-state index contributed by atoms with van der Waals surface area (Å²) in [6, 6.07) is 5.74. The van der Waals surface area contributed by atoms with Crippen LogP contribution in [-0.4, -0.2) is 50.8 Å². The molecule has 0 spiro atoms. The van der Waals surface area contributed by atoms with Crippen LogP contribution < -0.4 is 4.74 Å². The first kappa shape index (κ1) is 18.4. The average Bonchev–Trinajstić information content (AvgIpc) is 3.08. The van der Waals surface area contributed by atoms with Gasteiger partial charge in [-0.3, -0.25) is 4.79 Å². The first-order valence-electron chi connectivity index (χ1n) is 8.88. The molecule has 0 bridgehead atoms. The van der Waals surface area contributed by atoms with Crippen molar-refractivity contribution in [1.82, 2.24) is 14.5 Å². The van der Waals surface area contributed by atoms with Gasteiger partial charge in [0.1, 0.15) is 23.8 Å². The summed E-state index contributed by atoms with van der Waals surface area (Å²) in [5.41, 5.74) is -0.978. The van der Waals surface area contributed by atoms with Gasteiger partial charge < -0.3 is 19.3 Å². The largest absolute Gasteiger partial charge is 0.491 e. The van der Waals surface area contributed by atoms with E-state index < -0.39 is 5.60 Å². The molecule has 2 aromatic rings.